The third-order valence-corrected chi connectivity index (χ3v) is 5.54. The molecule has 1 aromatic rings. The summed E-state index contributed by atoms with van der Waals surface area (Å²) in [5.41, 5.74) is 0.833. The van der Waals surface area contributed by atoms with Gasteiger partial charge in [-0.1, -0.05) is 12.1 Å². The second kappa shape index (κ2) is 6.35. The van der Waals surface area contributed by atoms with Crippen LogP contribution in [0.1, 0.15) is 18.4 Å². The molecule has 1 unspecified atom stereocenters. The lowest BCUT2D eigenvalue weighted by molar-refractivity contribution is 0.379. The van der Waals surface area contributed by atoms with E-state index in [1.807, 2.05) is 7.05 Å². The van der Waals surface area contributed by atoms with Gasteiger partial charge >= 0.3 is 0 Å². The lowest BCUT2D eigenvalue weighted by Crippen LogP contribution is -2.40. The molecule has 2 rings (SSSR count). The number of hydrogen-bond donors (Lipinski definition) is 1. The molecule has 0 amide bonds. The van der Waals surface area contributed by atoms with Gasteiger partial charge in [-0.05, 0) is 37.6 Å². The molecule has 1 aromatic carbocycles. The van der Waals surface area contributed by atoms with Gasteiger partial charge in [0.2, 0.25) is 10.0 Å². The Morgan fingerprint density at radius 1 is 1.40 bits per heavy atom. The van der Waals surface area contributed by atoms with E-state index in [1.54, 1.807) is 28.6 Å². The molecule has 0 aliphatic carbocycles. The van der Waals surface area contributed by atoms with E-state index in [0.717, 1.165) is 18.4 Å². The predicted octanol–water partition coefficient (Wildman–Crippen LogP) is 1.13. The highest BCUT2D eigenvalue weighted by Gasteiger charge is 2.34. The summed E-state index contributed by atoms with van der Waals surface area (Å²) < 4.78 is 26.8. The third-order valence-electron chi connectivity index (χ3n) is 3.58. The first-order chi connectivity index (χ1) is 9.59. The summed E-state index contributed by atoms with van der Waals surface area (Å²) in [6, 6.07) is 8.69. The first-order valence-electron chi connectivity index (χ1n) is 6.72. The minimum atomic E-state index is -3.43. The molecule has 20 heavy (non-hydrogen) atoms. The number of benzene rings is 1. The smallest absolute Gasteiger partial charge is 0.243 e. The fourth-order valence-electron chi connectivity index (χ4n) is 2.57. The number of nitrogens with zero attached hydrogens (tertiary/aromatic N) is 2. The van der Waals surface area contributed by atoms with Crippen LogP contribution in [0.5, 0.6) is 0 Å². The summed E-state index contributed by atoms with van der Waals surface area (Å²) in [5, 5.41) is 11.7. The average molecular weight is 293 g/mol. The van der Waals surface area contributed by atoms with E-state index in [4.69, 9.17) is 5.26 Å². The molecule has 0 aromatic heterocycles. The van der Waals surface area contributed by atoms with Gasteiger partial charge in [0, 0.05) is 19.1 Å². The third kappa shape index (κ3) is 3.01. The van der Waals surface area contributed by atoms with E-state index in [9.17, 15) is 8.42 Å². The number of likely N-dealkylation sites (N-methyl/N-ethyl adjacent to an activating group) is 1. The van der Waals surface area contributed by atoms with Crippen LogP contribution in [0.25, 0.3) is 0 Å². The molecule has 0 spiro atoms. The highest BCUT2D eigenvalue weighted by Crippen LogP contribution is 2.25. The predicted molar refractivity (Wildman–Crippen MR) is 76.6 cm³/mol. The number of sulfonamides is 1. The Kier molecular flexibility index (Phi) is 4.76. The van der Waals surface area contributed by atoms with Crippen LogP contribution in [0.3, 0.4) is 0 Å². The highest BCUT2D eigenvalue weighted by molar-refractivity contribution is 7.89. The zero-order chi connectivity index (χ0) is 14.6. The maximum Gasteiger partial charge on any atom is 0.243 e. The van der Waals surface area contributed by atoms with Crippen molar-refractivity contribution in [2.45, 2.75) is 30.2 Å². The monoisotopic (exact) mass is 293 g/mol. The van der Waals surface area contributed by atoms with Crippen molar-refractivity contribution in [1.82, 2.24) is 9.62 Å². The molecular weight excluding hydrogens is 274 g/mol. The summed E-state index contributed by atoms with van der Waals surface area (Å²) in [5.74, 6) is 0. The summed E-state index contributed by atoms with van der Waals surface area (Å²) in [6.45, 7) is 1.25. The largest absolute Gasteiger partial charge is 0.318 e. The van der Waals surface area contributed by atoms with Crippen molar-refractivity contribution in [2.24, 2.45) is 0 Å². The average Bonchev–Trinajstić information content (AvgIpc) is 2.89. The van der Waals surface area contributed by atoms with E-state index < -0.39 is 10.0 Å². The van der Waals surface area contributed by atoms with Crippen molar-refractivity contribution in [3.05, 3.63) is 29.8 Å². The lowest BCUT2D eigenvalue weighted by atomic mass is 10.2. The van der Waals surface area contributed by atoms with E-state index >= 15 is 0 Å². The van der Waals surface area contributed by atoms with E-state index in [1.165, 1.54) is 0 Å². The van der Waals surface area contributed by atoms with Crippen molar-refractivity contribution in [1.29, 1.82) is 5.26 Å². The number of nitriles is 1. The Hall–Kier alpha value is -1.42. The molecule has 5 nitrogen and oxygen atoms in total. The standard InChI is InChI=1S/C14H19N3O2S/c1-16-11-13-3-2-10-17(13)20(18,19)14-6-4-12(5-7-14)8-9-15/h4-7,13,16H,2-3,8,10-11H2,1H3. The molecule has 1 aliphatic rings. The molecule has 0 bridgehead atoms. The second-order valence-corrected chi connectivity index (χ2v) is 6.84. The normalized spacial score (nSPS) is 19.9. The molecular formula is C14H19N3O2S. The fourth-order valence-corrected chi connectivity index (χ4v) is 4.26. The summed E-state index contributed by atoms with van der Waals surface area (Å²) in [6.07, 6.45) is 2.09. The van der Waals surface area contributed by atoms with Crippen LogP contribution < -0.4 is 5.32 Å². The summed E-state index contributed by atoms with van der Waals surface area (Å²) in [4.78, 5) is 0.308. The highest BCUT2D eigenvalue weighted by atomic mass is 32.2. The summed E-state index contributed by atoms with van der Waals surface area (Å²) >= 11 is 0. The molecule has 1 aliphatic heterocycles. The molecule has 1 heterocycles. The SMILES string of the molecule is CNCC1CCCN1S(=O)(=O)c1ccc(CC#N)cc1. The lowest BCUT2D eigenvalue weighted by Gasteiger charge is -2.23. The van der Waals surface area contributed by atoms with Crippen molar-refractivity contribution in [2.75, 3.05) is 20.1 Å². The van der Waals surface area contributed by atoms with Gasteiger partial charge in [-0.25, -0.2) is 8.42 Å². The minimum Gasteiger partial charge on any atom is -0.318 e. The fraction of sp³-hybridized carbons (Fsp3) is 0.500. The Morgan fingerprint density at radius 3 is 2.70 bits per heavy atom. The van der Waals surface area contributed by atoms with Crippen molar-refractivity contribution < 1.29 is 8.42 Å². The number of hydrogen-bond acceptors (Lipinski definition) is 4. The van der Waals surface area contributed by atoms with Crippen LogP contribution in [0, 0.1) is 11.3 Å². The van der Waals surface area contributed by atoms with Gasteiger partial charge in [0.1, 0.15) is 0 Å². The Balaban J connectivity index is 2.23. The molecule has 0 radical (unpaired) electrons. The van der Waals surface area contributed by atoms with Gasteiger partial charge in [-0.3, -0.25) is 0 Å². The van der Waals surface area contributed by atoms with Crippen LogP contribution in [0.4, 0.5) is 0 Å². The van der Waals surface area contributed by atoms with Gasteiger partial charge in [0.15, 0.2) is 0 Å². The van der Waals surface area contributed by atoms with Crippen molar-refractivity contribution >= 4 is 10.0 Å². The Bertz CT molecular complexity index is 590. The molecule has 1 N–H and O–H groups in total. The maximum absolute atomic E-state index is 12.6. The van der Waals surface area contributed by atoms with Crippen LogP contribution in [-0.4, -0.2) is 38.9 Å². The van der Waals surface area contributed by atoms with Gasteiger partial charge in [0.25, 0.3) is 0 Å². The second-order valence-electron chi connectivity index (χ2n) is 4.95. The quantitative estimate of drug-likeness (QED) is 0.883. The van der Waals surface area contributed by atoms with Crippen molar-refractivity contribution in [3.8, 4) is 6.07 Å². The molecule has 108 valence electrons. The van der Waals surface area contributed by atoms with E-state index in [-0.39, 0.29) is 6.04 Å². The minimum absolute atomic E-state index is 0.0313. The number of nitrogens with one attached hydrogen (secondary N) is 1. The summed E-state index contributed by atoms with van der Waals surface area (Å²) in [7, 11) is -1.60. The first-order valence-corrected chi connectivity index (χ1v) is 8.16. The molecule has 1 saturated heterocycles. The molecule has 6 heteroatoms. The van der Waals surface area contributed by atoms with E-state index in [0.29, 0.717) is 24.4 Å². The Labute approximate surface area is 120 Å². The van der Waals surface area contributed by atoms with E-state index in [2.05, 4.69) is 11.4 Å². The van der Waals surface area contributed by atoms with Gasteiger partial charge in [0.05, 0.1) is 17.4 Å². The zero-order valence-electron chi connectivity index (χ0n) is 11.5. The molecule has 1 fully saturated rings. The Morgan fingerprint density at radius 2 is 2.10 bits per heavy atom. The van der Waals surface area contributed by atoms with Crippen molar-refractivity contribution in [3.63, 3.8) is 0 Å². The van der Waals surface area contributed by atoms with Gasteiger partial charge in [-0.2, -0.15) is 9.57 Å². The topological polar surface area (TPSA) is 73.2 Å². The first kappa shape index (κ1) is 15.0. The number of rotatable bonds is 5. The molecule has 0 saturated carbocycles. The van der Waals surface area contributed by atoms with Gasteiger partial charge < -0.3 is 5.32 Å². The maximum atomic E-state index is 12.6. The molecule has 1 atom stereocenters. The zero-order valence-corrected chi connectivity index (χ0v) is 12.4. The van der Waals surface area contributed by atoms with Crippen LogP contribution >= 0.6 is 0 Å². The van der Waals surface area contributed by atoms with Crippen LogP contribution in [0.15, 0.2) is 29.2 Å². The van der Waals surface area contributed by atoms with Crippen LogP contribution in [0.2, 0.25) is 0 Å². The van der Waals surface area contributed by atoms with Gasteiger partial charge in [-0.15, -0.1) is 0 Å². The van der Waals surface area contributed by atoms with Crippen LogP contribution in [-0.2, 0) is 16.4 Å².